The highest BCUT2D eigenvalue weighted by molar-refractivity contribution is 5.86. The van der Waals surface area contributed by atoms with Crippen molar-refractivity contribution in [2.24, 2.45) is 5.41 Å². The molecule has 120 valence electrons. The fourth-order valence-corrected chi connectivity index (χ4v) is 3.21. The van der Waals surface area contributed by atoms with E-state index in [-0.39, 0.29) is 31.7 Å². The molecule has 2 bridgehead atoms. The zero-order valence-corrected chi connectivity index (χ0v) is 11.9. The molecular formula is C14H15F4N3O. The Morgan fingerprint density at radius 3 is 2.45 bits per heavy atom. The molecule has 0 spiro atoms. The number of alkyl halides is 4. The van der Waals surface area contributed by atoms with Crippen molar-refractivity contribution in [1.82, 2.24) is 15.4 Å². The van der Waals surface area contributed by atoms with Crippen LogP contribution in [0.15, 0.2) is 18.3 Å². The van der Waals surface area contributed by atoms with Crippen molar-refractivity contribution in [3.8, 4) is 0 Å². The molecule has 3 aliphatic rings. The number of pyridine rings is 1. The first-order chi connectivity index (χ1) is 10.1. The lowest BCUT2D eigenvalue weighted by Gasteiger charge is -2.64. The van der Waals surface area contributed by atoms with Crippen molar-refractivity contribution in [2.45, 2.75) is 37.7 Å². The summed E-state index contributed by atoms with van der Waals surface area (Å²) in [5.74, 6) is -0.182. The Hall–Kier alpha value is -1.70. The second kappa shape index (κ2) is 4.65. The number of nitrogens with one attached hydrogen (secondary N) is 1. The van der Waals surface area contributed by atoms with Crippen LogP contribution in [0.5, 0.6) is 0 Å². The summed E-state index contributed by atoms with van der Waals surface area (Å²) < 4.78 is 50.7. The predicted molar refractivity (Wildman–Crippen MR) is 69.0 cm³/mol. The predicted octanol–water partition coefficient (Wildman–Crippen LogP) is 2.46. The third-order valence-corrected chi connectivity index (χ3v) is 4.37. The Labute approximate surface area is 124 Å². The minimum absolute atomic E-state index is 0.122. The first-order valence-corrected chi connectivity index (χ1v) is 6.86. The largest absolute Gasteiger partial charge is 0.417 e. The number of halogens is 4. The Morgan fingerprint density at radius 2 is 2.00 bits per heavy atom. The summed E-state index contributed by atoms with van der Waals surface area (Å²) in [4.78, 5) is 15.9. The van der Waals surface area contributed by atoms with Gasteiger partial charge in [0.1, 0.15) is 5.67 Å². The van der Waals surface area contributed by atoms with Gasteiger partial charge in [-0.25, -0.2) is 9.82 Å². The van der Waals surface area contributed by atoms with Crippen molar-refractivity contribution in [3.05, 3.63) is 29.6 Å². The van der Waals surface area contributed by atoms with Crippen LogP contribution < -0.4 is 5.43 Å². The van der Waals surface area contributed by atoms with Crippen LogP contribution in [0.1, 0.15) is 30.5 Å². The van der Waals surface area contributed by atoms with Gasteiger partial charge in [-0.05, 0) is 31.4 Å². The maximum atomic E-state index is 13.4. The van der Waals surface area contributed by atoms with E-state index in [1.807, 2.05) is 0 Å². The lowest BCUT2D eigenvalue weighted by molar-refractivity contribution is -0.223. The number of aromatic nitrogens is 1. The summed E-state index contributed by atoms with van der Waals surface area (Å²) >= 11 is 0. The number of hydrogen-bond donors (Lipinski definition) is 1. The maximum absolute atomic E-state index is 13.4. The van der Waals surface area contributed by atoms with Gasteiger partial charge in [0.25, 0.3) is 0 Å². The van der Waals surface area contributed by atoms with Crippen molar-refractivity contribution >= 4 is 5.91 Å². The lowest BCUT2D eigenvalue weighted by atomic mass is 9.42. The second-order valence-corrected chi connectivity index (χ2v) is 6.20. The smallest absolute Gasteiger partial charge is 0.280 e. The van der Waals surface area contributed by atoms with E-state index in [4.69, 9.17) is 0 Å². The molecule has 0 saturated heterocycles. The van der Waals surface area contributed by atoms with Gasteiger partial charge in [0.15, 0.2) is 0 Å². The van der Waals surface area contributed by atoms with Gasteiger partial charge in [-0.3, -0.25) is 14.8 Å². The zero-order valence-electron chi connectivity index (χ0n) is 11.9. The first kappa shape index (κ1) is 15.2. The van der Waals surface area contributed by atoms with Crippen LogP contribution in [0.2, 0.25) is 0 Å². The van der Waals surface area contributed by atoms with E-state index in [0.29, 0.717) is 5.69 Å². The van der Waals surface area contributed by atoms with Crippen LogP contribution in [0, 0.1) is 5.41 Å². The monoisotopic (exact) mass is 317 g/mol. The van der Waals surface area contributed by atoms with Gasteiger partial charge in [0.2, 0.25) is 5.91 Å². The molecule has 0 aliphatic heterocycles. The molecular weight excluding hydrogens is 302 g/mol. The van der Waals surface area contributed by atoms with Crippen molar-refractivity contribution in [1.29, 1.82) is 0 Å². The molecule has 3 saturated carbocycles. The van der Waals surface area contributed by atoms with Crippen LogP contribution in [0.3, 0.4) is 0 Å². The molecule has 0 aromatic carbocycles. The minimum Gasteiger partial charge on any atom is -0.280 e. The summed E-state index contributed by atoms with van der Waals surface area (Å²) in [5, 5.41) is 1.28. The number of carbonyl (C=O) groups excluding carboxylic acids is 1. The quantitative estimate of drug-likeness (QED) is 0.685. The van der Waals surface area contributed by atoms with Gasteiger partial charge >= 0.3 is 6.18 Å². The summed E-state index contributed by atoms with van der Waals surface area (Å²) in [6.45, 7) is 0.122. The zero-order chi connectivity index (χ0) is 16.2. The summed E-state index contributed by atoms with van der Waals surface area (Å²) in [6.07, 6.45) is -2.86. The second-order valence-electron chi connectivity index (χ2n) is 6.20. The first-order valence-electron chi connectivity index (χ1n) is 6.86. The molecule has 22 heavy (non-hydrogen) atoms. The minimum atomic E-state index is -4.42. The molecule has 4 nitrogen and oxygen atoms in total. The van der Waals surface area contributed by atoms with Gasteiger partial charge in [-0.1, -0.05) is 0 Å². The normalized spacial score (nSPS) is 29.5. The van der Waals surface area contributed by atoms with E-state index >= 15 is 0 Å². The van der Waals surface area contributed by atoms with E-state index in [1.54, 1.807) is 0 Å². The van der Waals surface area contributed by atoms with Gasteiger partial charge in [0.05, 0.1) is 23.2 Å². The van der Waals surface area contributed by atoms with E-state index in [1.165, 1.54) is 18.1 Å². The number of nitrogens with zero attached hydrogens (tertiary/aromatic N) is 2. The molecule has 3 aliphatic carbocycles. The van der Waals surface area contributed by atoms with Crippen molar-refractivity contribution in [2.75, 3.05) is 7.05 Å². The van der Waals surface area contributed by atoms with Crippen LogP contribution in [0.25, 0.3) is 0 Å². The highest BCUT2D eigenvalue weighted by atomic mass is 19.4. The number of rotatable bonds is 4. The molecule has 0 radical (unpaired) electrons. The molecule has 1 heterocycles. The molecule has 0 atom stereocenters. The van der Waals surface area contributed by atoms with Gasteiger partial charge in [-0.2, -0.15) is 13.2 Å². The number of hydrogen-bond acceptors (Lipinski definition) is 3. The molecule has 1 amide bonds. The van der Waals surface area contributed by atoms with E-state index in [2.05, 4.69) is 10.4 Å². The SMILES string of the molecule is CN(NCc1ccc(C(F)(F)F)cn1)C(=O)C12CC(F)(C1)C2. The number of carbonyl (C=O) groups is 1. The third-order valence-electron chi connectivity index (χ3n) is 4.37. The number of hydrazine groups is 1. The Kier molecular flexibility index (Phi) is 3.21. The lowest BCUT2D eigenvalue weighted by Crippen LogP contribution is -2.70. The summed E-state index contributed by atoms with van der Waals surface area (Å²) in [7, 11) is 1.53. The van der Waals surface area contributed by atoms with Gasteiger partial charge in [0, 0.05) is 13.2 Å². The Bertz CT molecular complexity index is 579. The van der Waals surface area contributed by atoms with E-state index < -0.39 is 22.8 Å². The van der Waals surface area contributed by atoms with Crippen LogP contribution in [-0.4, -0.2) is 28.6 Å². The van der Waals surface area contributed by atoms with Gasteiger partial charge in [-0.15, -0.1) is 0 Å². The van der Waals surface area contributed by atoms with Crippen LogP contribution in [-0.2, 0) is 17.5 Å². The highest BCUT2D eigenvalue weighted by Crippen LogP contribution is 2.69. The summed E-state index contributed by atoms with van der Waals surface area (Å²) in [6, 6.07) is 2.20. The van der Waals surface area contributed by atoms with E-state index in [0.717, 1.165) is 12.3 Å². The molecule has 1 N–H and O–H groups in total. The van der Waals surface area contributed by atoms with E-state index in [9.17, 15) is 22.4 Å². The number of amides is 1. The highest BCUT2D eigenvalue weighted by Gasteiger charge is 2.73. The Morgan fingerprint density at radius 1 is 1.36 bits per heavy atom. The molecule has 1 aromatic rings. The Balaban J connectivity index is 1.53. The average Bonchev–Trinajstić information content (AvgIpc) is 2.39. The topological polar surface area (TPSA) is 45.2 Å². The molecule has 0 unspecified atom stereocenters. The van der Waals surface area contributed by atoms with Crippen LogP contribution >= 0.6 is 0 Å². The molecule has 3 fully saturated rings. The standard InChI is InChI=1S/C14H15F4N3O/c1-21(11(22)12-6-13(15,7-12)8-12)20-5-10-3-2-9(4-19-10)14(16,17)18/h2-4,20H,5-8H2,1H3. The maximum Gasteiger partial charge on any atom is 0.417 e. The van der Waals surface area contributed by atoms with Crippen LogP contribution in [0.4, 0.5) is 17.6 Å². The third kappa shape index (κ3) is 2.45. The molecule has 1 aromatic heterocycles. The molecule has 4 rings (SSSR count). The van der Waals surface area contributed by atoms with Crippen molar-refractivity contribution < 1.29 is 22.4 Å². The van der Waals surface area contributed by atoms with Gasteiger partial charge < -0.3 is 0 Å². The fraction of sp³-hybridized carbons (Fsp3) is 0.571. The molecule has 8 heteroatoms. The fourth-order valence-electron chi connectivity index (χ4n) is 3.21. The van der Waals surface area contributed by atoms with Crippen molar-refractivity contribution in [3.63, 3.8) is 0 Å². The summed E-state index contributed by atoms with van der Waals surface area (Å²) in [5.41, 5.74) is 0.624. The average molecular weight is 317 g/mol.